The van der Waals surface area contributed by atoms with Crippen LogP contribution in [0.1, 0.15) is 40.0 Å². The fraction of sp³-hybridized carbons (Fsp3) is 0.692. The van der Waals surface area contributed by atoms with Crippen LogP contribution in [0.4, 0.5) is 0 Å². The average Bonchev–Trinajstić information content (AvgIpc) is 2.33. The van der Waals surface area contributed by atoms with Crippen LogP contribution in [0.5, 0.6) is 0 Å². The SMILES string of the molecule is CCCCN=C=C(CC(=O)OCC)C(=O)OCC. The molecule has 0 aliphatic rings. The number of rotatable bonds is 8. The van der Waals surface area contributed by atoms with Gasteiger partial charge in [0.25, 0.3) is 0 Å². The largest absolute Gasteiger partial charge is 0.466 e. The van der Waals surface area contributed by atoms with Gasteiger partial charge in [0.2, 0.25) is 0 Å². The summed E-state index contributed by atoms with van der Waals surface area (Å²) < 4.78 is 9.61. The molecule has 0 aliphatic heterocycles. The second-order valence-electron chi connectivity index (χ2n) is 3.53. The highest BCUT2D eigenvalue weighted by Crippen LogP contribution is 2.02. The molecule has 0 aliphatic carbocycles. The standard InChI is InChI=1S/C13H21NO4/c1-4-7-8-14-10-11(13(16)18-6-3)9-12(15)17-5-2/h4-9H2,1-3H3. The molecule has 0 aromatic heterocycles. The molecule has 0 spiro atoms. The van der Waals surface area contributed by atoms with Crippen LogP contribution >= 0.6 is 0 Å². The first-order valence-corrected chi connectivity index (χ1v) is 6.26. The third-order valence-electron chi connectivity index (χ3n) is 1.99. The number of carbonyl (C=O) groups is 2. The van der Waals surface area contributed by atoms with Crippen LogP contribution in [0.15, 0.2) is 10.6 Å². The van der Waals surface area contributed by atoms with Crippen molar-refractivity contribution in [2.45, 2.75) is 40.0 Å². The lowest BCUT2D eigenvalue weighted by Crippen LogP contribution is -2.14. The molecule has 0 N–H and O–H groups in total. The molecule has 0 bridgehead atoms. The van der Waals surface area contributed by atoms with Crippen LogP contribution < -0.4 is 0 Å². The minimum atomic E-state index is -0.564. The molecule has 0 heterocycles. The Hall–Kier alpha value is -1.61. The first-order chi connectivity index (χ1) is 8.65. The van der Waals surface area contributed by atoms with Crippen LogP contribution in [-0.4, -0.2) is 37.6 Å². The van der Waals surface area contributed by atoms with Gasteiger partial charge >= 0.3 is 11.9 Å². The van der Waals surface area contributed by atoms with E-state index in [9.17, 15) is 9.59 Å². The van der Waals surface area contributed by atoms with Crippen molar-refractivity contribution in [3.63, 3.8) is 0 Å². The summed E-state index contributed by atoms with van der Waals surface area (Å²) in [5, 5.41) is 0. The van der Waals surface area contributed by atoms with E-state index in [0.29, 0.717) is 6.54 Å². The number of aliphatic imine (C=N–C) groups is 1. The predicted octanol–water partition coefficient (Wildman–Crippen LogP) is 1.90. The van der Waals surface area contributed by atoms with E-state index in [2.05, 4.69) is 10.9 Å². The predicted molar refractivity (Wildman–Crippen MR) is 68.6 cm³/mol. The lowest BCUT2D eigenvalue weighted by atomic mass is 10.2. The van der Waals surface area contributed by atoms with Gasteiger partial charge in [-0.25, -0.2) is 9.79 Å². The monoisotopic (exact) mass is 255 g/mol. The first kappa shape index (κ1) is 16.4. The molecule has 0 unspecified atom stereocenters. The van der Waals surface area contributed by atoms with E-state index in [-0.39, 0.29) is 25.2 Å². The zero-order chi connectivity index (χ0) is 13.8. The highest BCUT2D eigenvalue weighted by Gasteiger charge is 2.15. The zero-order valence-corrected chi connectivity index (χ0v) is 11.3. The second kappa shape index (κ2) is 10.5. The van der Waals surface area contributed by atoms with E-state index in [1.165, 1.54) is 0 Å². The number of carbonyl (C=O) groups excluding carboxylic acids is 2. The molecule has 0 aromatic carbocycles. The Morgan fingerprint density at radius 1 is 1.11 bits per heavy atom. The summed E-state index contributed by atoms with van der Waals surface area (Å²) in [6, 6.07) is 0. The maximum absolute atomic E-state index is 11.6. The van der Waals surface area contributed by atoms with Crippen LogP contribution in [0.2, 0.25) is 0 Å². The molecular formula is C13H21NO4. The van der Waals surface area contributed by atoms with Gasteiger partial charge in [-0.2, -0.15) is 0 Å². The van der Waals surface area contributed by atoms with E-state index in [4.69, 9.17) is 9.47 Å². The Balaban J connectivity index is 4.65. The molecule has 0 atom stereocenters. The Morgan fingerprint density at radius 3 is 2.33 bits per heavy atom. The van der Waals surface area contributed by atoms with Crippen molar-refractivity contribution in [3.05, 3.63) is 5.57 Å². The van der Waals surface area contributed by atoms with E-state index in [1.54, 1.807) is 13.8 Å². The number of hydrogen-bond acceptors (Lipinski definition) is 5. The van der Waals surface area contributed by atoms with Crippen molar-refractivity contribution >= 4 is 17.8 Å². The molecular weight excluding hydrogens is 234 g/mol. The maximum Gasteiger partial charge on any atom is 0.344 e. The summed E-state index contributed by atoms with van der Waals surface area (Å²) in [6.45, 7) is 6.57. The number of hydrogen-bond donors (Lipinski definition) is 0. The molecule has 0 amide bonds. The minimum absolute atomic E-state index is 0.117. The summed E-state index contributed by atoms with van der Waals surface area (Å²) in [5.41, 5.74) is 0.117. The van der Waals surface area contributed by atoms with Gasteiger partial charge in [0, 0.05) is 6.54 Å². The van der Waals surface area contributed by atoms with E-state index in [1.807, 2.05) is 6.92 Å². The normalized spacial score (nSPS) is 9.28. The van der Waals surface area contributed by atoms with Crippen LogP contribution in [0, 0.1) is 0 Å². The molecule has 5 heteroatoms. The molecule has 0 aromatic rings. The molecule has 0 rings (SSSR count). The fourth-order valence-electron chi connectivity index (χ4n) is 1.12. The third-order valence-corrected chi connectivity index (χ3v) is 1.99. The summed E-state index contributed by atoms with van der Waals surface area (Å²) in [5.74, 6) is 1.56. The van der Waals surface area contributed by atoms with E-state index >= 15 is 0 Å². The lowest BCUT2D eigenvalue weighted by Gasteiger charge is -2.03. The van der Waals surface area contributed by atoms with Gasteiger partial charge in [0.05, 0.1) is 19.6 Å². The summed E-state index contributed by atoms with van der Waals surface area (Å²) in [6.07, 6.45) is 1.78. The average molecular weight is 255 g/mol. The highest BCUT2D eigenvalue weighted by atomic mass is 16.5. The maximum atomic E-state index is 11.6. The fourth-order valence-corrected chi connectivity index (χ4v) is 1.12. The van der Waals surface area contributed by atoms with Gasteiger partial charge in [0.15, 0.2) is 0 Å². The molecule has 0 fully saturated rings. The Morgan fingerprint density at radius 2 is 1.78 bits per heavy atom. The van der Waals surface area contributed by atoms with E-state index < -0.39 is 11.9 Å². The van der Waals surface area contributed by atoms with Crippen molar-refractivity contribution in [2.24, 2.45) is 4.99 Å². The molecule has 5 nitrogen and oxygen atoms in total. The Labute approximate surface area is 108 Å². The molecule has 18 heavy (non-hydrogen) atoms. The molecule has 0 saturated carbocycles. The van der Waals surface area contributed by atoms with Crippen molar-refractivity contribution in [3.8, 4) is 0 Å². The smallest absolute Gasteiger partial charge is 0.344 e. The van der Waals surface area contributed by atoms with E-state index in [0.717, 1.165) is 12.8 Å². The summed E-state index contributed by atoms with van der Waals surface area (Å²) in [7, 11) is 0. The lowest BCUT2D eigenvalue weighted by molar-refractivity contribution is -0.145. The molecule has 102 valence electrons. The van der Waals surface area contributed by atoms with Gasteiger partial charge in [-0.15, -0.1) is 0 Å². The first-order valence-electron chi connectivity index (χ1n) is 6.26. The van der Waals surface area contributed by atoms with Crippen LogP contribution in [0.25, 0.3) is 0 Å². The van der Waals surface area contributed by atoms with Gasteiger partial charge in [-0.05, 0) is 26.1 Å². The van der Waals surface area contributed by atoms with Gasteiger partial charge in [-0.3, -0.25) is 4.79 Å². The Kier molecular flexibility index (Phi) is 9.60. The van der Waals surface area contributed by atoms with Crippen LogP contribution in [-0.2, 0) is 19.1 Å². The number of nitrogens with zero attached hydrogens (tertiary/aromatic N) is 1. The van der Waals surface area contributed by atoms with Gasteiger partial charge in [-0.1, -0.05) is 13.3 Å². The van der Waals surface area contributed by atoms with Gasteiger partial charge < -0.3 is 9.47 Å². The van der Waals surface area contributed by atoms with Crippen molar-refractivity contribution < 1.29 is 19.1 Å². The number of ether oxygens (including phenoxy) is 2. The Bertz CT molecular complexity index is 330. The summed E-state index contributed by atoms with van der Waals surface area (Å²) >= 11 is 0. The zero-order valence-electron chi connectivity index (χ0n) is 11.3. The number of esters is 2. The quantitative estimate of drug-likeness (QED) is 0.287. The van der Waals surface area contributed by atoms with Crippen molar-refractivity contribution in [2.75, 3.05) is 19.8 Å². The van der Waals surface area contributed by atoms with Crippen molar-refractivity contribution in [1.82, 2.24) is 0 Å². The topological polar surface area (TPSA) is 65.0 Å². The van der Waals surface area contributed by atoms with Gasteiger partial charge in [0.1, 0.15) is 5.57 Å². The second-order valence-corrected chi connectivity index (χ2v) is 3.53. The van der Waals surface area contributed by atoms with Crippen molar-refractivity contribution in [1.29, 1.82) is 0 Å². The molecule has 0 radical (unpaired) electrons. The third kappa shape index (κ3) is 7.63. The van der Waals surface area contributed by atoms with Crippen LogP contribution in [0.3, 0.4) is 0 Å². The summed E-state index contributed by atoms with van der Waals surface area (Å²) in [4.78, 5) is 26.9. The number of unbranched alkanes of at least 4 members (excludes halogenated alkanes) is 1. The minimum Gasteiger partial charge on any atom is -0.466 e. The molecule has 0 saturated heterocycles. The highest BCUT2D eigenvalue weighted by molar-refractivity contribution is 6.01.